The van der Waals surface area contributed by atoms with Gasteiger partial charge in [0.15, 0.2) is 5.96 Å². The number of nitrogens with zero attached hydrogens (tertiary/aromatic N) is 2. The summed E-state index contributed by atoms with van der Waals surface area (Å²) in [5, 5.41) is 7.75. The zero-order valence-corrected chi connectivity index (χ0v) is 18.3. The van der Waals surface area contributed by atoms with E-state index in [9.17, 15) is 0 Å². The van der Waals surface area contributed by atoms with E-state index in [0.29, 0.717) is 12.6 Å². The number of halogens is 1. The normalized spacial score (nSPS) is 22.3. The molecule has 7 heteroatoms. The lowest BCUT2D eigenvalue weighted by molar-refractivity contribution is 0.265. The van der Waals surface area contributed by atoms with Gasteiger partial charge >= 0.3 is 0 Å². The molecule has 5 nitrogen and oxygen atoms in total. The summed E-state index contributed by atoms with van der Waals surface area (Å²) >= 11 is 1.98. The van der Waals surface area contributed by atoms with E-state index in [0.717, 1.165) is 23.5 Å². The molecule has 1 aromatic heterocycles. The molecule has 0 aliphatic heterocycles. The Morgan fingerprint density at radius 2 is 2.25 bits per heavy atom. The zero-order chi connectivity index (χ0) is 16.7. The van der Waals surface area contributed by atoms with Crippen molar-refractivity contribution < 1.29 is 4.42 Å². The Morgan fingerprint density at radius 1 is 1.46 bits per heavy atom. The fraction of sp³-hybridized carbons (Fsp3) is 0.706. The van der Waals surface area contributed by atoms with Gasteiger partial charge in [0, 0.05) is 17.8 Å². The summed E-state index contributed by atoms with van der Waals surface area (Å²) < 4.78 is 5.56. The van der Waals surface area contributed by atoms with Crippen molar-refractivity contribution >= 4 is 41.7 Å². The van der Waals surface area contributed by atoms with Gasteiger partial charge in [-0.25, -0.2) is 0 Å². The Balaban J connectivity index is 0.00000288. The minimum atomic E-state index is 0. The maximum absolute atomic E-state index is 5.56. The van der Waals surface area contributed by atoms with Gasteiger partial charge in [-0.3, -0.25) is 9.89 Å². The maximum atomic E-state index is 5.56. The van der Waals surface area contributed by atoms with Crippen molar-refractivity contribution in [2.45, 2.75) is 43.5 Å². The summed E-state index contributed by atoms with van der Waals surface area (Å²) in [4.78, 5) is 6.94. The zero-order valence-electron chi connectivity index (χ0n) is 15.1. The largest absolute Gasteiger partial charge is 0.468 e. The summed E-state index contributed by atoms with van der Waals surface area (Å²) in [6.07, 6.45) is 7.68. The van der Waals surface area contributed by atoms with E-state index in [1.165, 1.54) is 19.3 Å². The molecule has 3 atom stereocenters. The lowest BCUT2D eigenvalue weighted by Crippen LogP contribution is -2.43. The van der Waals surface area contributed by atoms with Gasteiger partial charge in [-0.15, -0.1) is 24.0 Å². The second-order valence-electron chi connectivity index (χ2n) is 6.23. The van der Waals surface area contributed by atoms with Crippen LogP contribution in [0.3, 0.4) is 0 Å². The number of rotatable bonds is 7. The molecular weight excluding hydrogens is 435 g/mol. The first-order valence-electron chi connectivity index (χ1n) is 8.41. The third-order valence-electron chi connectivity index (χ3n) is 4.32. The molecule has 1 aromatic rings. The number of likely N-dealkylation sites (N-methyl/N-ethyl adjacent to an activating group) is 1. The van der Waals surface area contributed by atoms with Crippen molar-refractivity contribution in [3.8, 4) is 0 Å². The molecule has 0 saturated heterocycles. The van der Waals surface area contributed by atoms with Crippen LogP contribution in [-0.4, -0.2) is 55.6 Å². The summed E-state index contributed by atoms with van der Waals surface area (Å²) in [6.45, 7) is 3.65. The highest BCUT2D eigenvalue weighted by Crippen LogP contribution is 2.28. The van der Waals surface area contributed by atoms with Gasteiger partial charge in [0.25, 0.3) is 0 Å². The molecule has 0 amide bonds. The van der Waals surface area contributed by atoms with Crippen molar-refractivity contribution in [3.63, 3.8) is 0 Å². The molecule has 1 saturated carbocycles. The Labute approximate surface area is 167 Å². The highest BCUT2D eigenvalue weighted by Gasteiger charge is 2.24. The summed E-state index contributed by atoms with van der Waals surface area (Å²) in [7, 11) is 4.12. The third kappa shape index (κ3) is 6.48. The topological polar surface area (TPSA) is 52.8 Å². The van der Waals surface area contributed by atoms with Gasteiger partial charge in [-0.2, -0.15) is 11.8 Å². The Morgan fingerprint density at radius 3 is 2.79 bits per heavy atom. The predicted octanol–water partition coefficient (Wildman–Crippen LogP) is 3.34. The third-order valence-corrected chi connectivity index (χ3v) is 5.42. The highest BCUT2D eigenvalue weighted by atomic mass is 127. The number of guanidine groups is 1. The average molecular weight is 466 g/mol. The fourth-order valence-electron chi connectivity index (χ4n) is 2.97. The van der Waals surface area contributed by atoms with Crippen molar-refractivity contribution in [2.75, 3.05) is 33.4 Å². The maximum Gasteiger partial charge on any atom is 0.191 e. The van der Waals surface area contributed by atoms with Crippen LogP contribution in [0.4, 0.5) is 0 Å². The van der Waals surface area contributed by atoms with E-state index >= 15 is 0 Å². The van der Waals surface area contributed by atoms with Gasteiger partial charge in [-0.05, 0) is 58.7 Å². The van der Waals surface area contributed by atoms with Crippen LogP contribution in [0.5, 0.6) is 0 Å². The average Bonchev–Trinajstić information content (AvgIpc) is 3.18. The second-order valence-corrected chi connectivity index (χ2v) is 7.36. The highest BCUT2D eigenvalue weighted by molar-refractivity contribution is 14.0. The van der Waals surface area contributed by atoms with Crippen LogP contribution in [0.1, 0.15) is 38.0 Å². The number of nitrogens with one attached hydrogen (secondary N) is 2. The first-order chi connectivity index (χ1) is 11.1. The molecule has 2 rings (SSSR count). The minimum absolute atomic E-state index is 0. The summed E-state index contributed by atoms with van der Waals surface area (Å²) in [6, 6.07) is 4.63. The Kier molecular flexibility index (Phi) is 10.1. The Hall–Kier alpha value is -0.410. The second kappa shape index (κ2) is 11.3. The van der Waals surface area contributed by atoms with Gasteiger partial charge in [0.05, 0.1) is 18.8 Å². The predicted molar refractivity (Wildman–Crippen MR) is 115 cm³/mol. The smallest absolute Gasteiger partial charge is 0.191 e. The quantitative estimate of drug-likeness (QED) is 0.367. The van der Waals surface area contributed by atoms with Crippen LogP contribution >= 0.6 is 35.7 Å². The number of aliphatic imine (C=N–C) groups is 1. The van der Waals surface area contributed by atoms with Crippen LogP contribution in [0.15, 0.2) is 27.8 Å². The molecule has 3 unspecified atom stereocenters. The van der Waals surface area contributed by atoms with E-state index in [1.54, 1.807) is 6.26 Å². The first kappa shape index (κ1) is 21.6. The number of thioether (sulfide) groups is 1. The van der Waals surface area contributed by atoms with Crippen LogP contribution in [0.2, 0.25) is 0 Å². The van der Waals surface area contributed by atoms with Gasteiger partial charge in [0.2, 0.25) is 0 Å². The molecule has 1 aliphatic carbocycles. The lowest BCUT2D eigenvalue weighted by atomic mass is 10.2. The molecule has 138 valence electrons. The van der Waals surface area contributed by atoms with E-state index in [-0.39, 0.29) is 30.0 Å². The van der Waals surface area contributed by atoms with Crippen molar-refractivity contribution in [1.29, 1.82) is 0 Å². The molecule has 0 radical (unpaired) electrons. The SMILES string of the molecule is CCNC(=NCC(c1ccco1)N(C)C)NC1CCC(SC)C1.I. The molecule has 24 heavy (non-hydrogen) atoms. The molecule has 2 N–H and O–H groups in total. The standard InChI is InChI=1S/C17H30N4OS.HI/c1-5-18-17(20-13-8-9-14(11-13)23-4)19-12-15(21(2)3)16-7-6-10-22-16;/h6-7,10,13-15H,5,8-9,11-12H2,1-4H3,(H2,18,19,20);1H. The van der Waals surface area contributed by atoms with E-state index in [4.69, 9.17) is 9.41 Å². The monoisotopic (exact) mass is 466 g/mol. The van der Waals surface area contributed by atoms with Crippen LogP contribution in [-0.2, 0) is 0 Å². The fourth-order valence-corrected chi connectivity index (χ4v) is 3.76. The van der Waals surface area contributed by atoms with Crippen molar-refractivity contribution in [2.24, 2.45) is 4.99 Å². The minimum Gasteiger partial charge on any atom is -0.468 e. The molecule has 0 bridgehead atoms. The van der Waals surface area contributed by atoms with E-state index < -0.39 is 0 Å². The summed E-state index contributed by atoms with van der Waals surface area (Å²) in [5.74, 6) is 1.87. The van der Waals surface area contributed by atoms with Crippen LogP contribution in [0, 0.1) is 0 Å². The number of hydrogen-bond donors (Lipinski definition) is 2. The summed E-state index contributed by atoms with van der Waals surface area (Å²) in [5.41, 5.74) is 0. The number of hydrogen-bond acceptors (Lipinski definition) is 4. The van der Waals surface area contributed by atoms with Crippen molar-refractivity contribution in [3.05, 3.63) is 24.2 Å². The van der Waals surface area contributed by atoms with Gasteiger partial charge < -0.3 is 15.1 Å². The van der Waals surface area contributed by atoms with Crippen molar-refractivity contribution in [1.82, 2.24) is 15.5 Å². The molecule has 1 fully saturated rings. The molecule has 0 spiro atoms. The van der Waals surface area contributed by atoms with Gasteiger partial charge in [-0.1, -0.05) is 0 Å². The number of furan rings is 1. The van der Waals surface area contributed by atoms with E-state index in [2.05, 4.69) is 42.8 Å². The first-order valence-corrected chi connectivity index (χ1v) is 9.70. The Bertz CT molecular complexity index is 481. The lowest BCUT2D eigenvalue weighted by Gasteiger charge is -2.22. The van der Waals surface area contributed by atoms with Crippen LogP contribution < -0.4 is 10.6 Å². The van der Waals surface area contributed by atoms with Crippen LogP contribution in [0.25, 0.3) is 0 Å². The molecule has 1 aliphatic rings. The molecular formula is C17H31IN4OS. The molecule has 0 aromatic carbocycles. The molecule has 1 heterocycles. The van der Waals surface area contributed by atoms with E-state index in [1.807, 2.05) is 23.9 Å². The van der Waals surface area contributed by atoms with Gasteiger partial charge in [0.1, 0.15) is 5.76 Å².